The van der Waals surface area contributed by atoms with E-state index in [2.05, 4.69) is 5.32 Å². The number of aliphatic hydroxyl groups excluding tert-OH is 1. The van der Waals surface area contributed by atoms with Crippen LogP contribution in [-0.4, -0.2) is 41.0 Å². The van der Waals surface area contributed by atoms with Crippen LogP contribution in [0.5, 0.6) is 0 Å². The van der Waals surface area contributed by atoms with E-state index in [1.54, 1.807) is 27.7 Å². The summed E-state index contributed by atoms with van der Waals surface area (Å²) in [4.78, 5) is 23.8. The molecule has 1 amide bonds. The zero-order chi connectivity index (χ0) is 14.7. The van der Waals surface area contributed by atoms with Gasteiger partial charge in [-0.05, 0) is 40.5 Å². The van der Waals surface area contributed by atoms with Gasteiger partial charge in [-0.15, -0.1) is 0 Å². The fourth-order valence-electron chi connectivity index (χ4n) is 2.14. The maximum Gasteiger partial charge on any atom is 0.408 e. The molecule has 1 fully saturated rings. The fraction of sp³-hybridized carbons (Fsp3) is 0.846. The lowest BCUT2D eigenvalue weighted by Crippen LogP contribution is -2.55. The number of alkyl carbamates (subject to hydrolysis) is 1. The van der Waals surface area contributed by atoms with Gasteiger partial charge in [-0.1, -0.05) is 0 Å². The van der Waals surface area contributed by atoms with Gasteiger partial charge in [-0.25, -0.2) is 9.59 Å². The molecule has 0 bridgehead atoms. The minimum atomic E-state index is -1.17. The second-order valence-corrected chi connectivity index (χ2v) is 5.83. The number of esters is 1. The van der Waals surface area contributed by atoms with Crippen molar-refractivity contribution in [3.8, 4) is 0 Å². The van der Waals surface area contributed by atoms with Crippen LogP contribution in [-0.2, 0) is 14.3 Å². The number of nitrogens with one attached hydrogen (secondary N) is 1. The van der Waals surface area contributed by atoms with Gasteiger partial charge in [-0.3, -0.25) is 0 Å². The molecule has 2 atom stereocenters. The summed E-state index contributed by atoms with van der Waals surface area (Å²) >= 11 is 0. The van der Waals surface area contributed by atoms with E-state index in [1.165, 1.54) is 0 Å². The van der Waals surface area contributed by atoms with Gasteiger partial charge in [0, 0.05) is 6.42 Å². The summed E-state index contributed by atoms with van der Waals surface area (Å²) in [6.07, 6.45) is -0.319. The third-order valence-corrected chi connectivity index (χ3v) is 2.89. The molecule has 0 aromatic rings. The SMILES string of the molecule is CCOC(=O)[C@@]1(NC(=O)OC(C)(C)C)CC[C@@H](O)C1. The van der Waals surface area contributed by atoms with Crippen LogP contribution >= 0.6 is 0 Å². The number of hydrogen-bond acceptors (Lipinski definition) is 5. The molecule has 0 saturated heterocycles. The highest BCUT2D eigenvalue weighted by molar-refractivity contribution is 5.86. The highest BCUT2D eigenvalue weighted by Crippen LogP contribution is 2.31. The molecule has 19 heavy (non-hydrogen) atoms. The number of ether oxygens (including phenoxy) is 2. The lowest BCUT2D eigenvalue weighted by molar-refractivity contribution is -0.151. The first-order chi connectivity index (χ1) is 8.68. The molecule has 1 saturated carbocycles. The molecule has 2 N–H and O–H groups in total. The van der Waals surface area contributed by atoms with E-state index in [9.17, 15) is 14.7 Å². The molecule has 0 unspecified atom stereocenters. The van der Waals surface area contributed by atoms with E-state index in [4.69, 9.17) is 9.47 Å². The van der Waals surface area contributed by atoms with Crippen LogP contribution < -0.4 is 5.32 Å². The van der Waals surface area contributed by atoms with Gasteiger partial charge >= 0.3 is 12.1 Å². The molecule has 0 aliphatic heterocycles. The van der Waals surface area contributed by atoms with Crippen LogP contribution in [0.3, 0.4) is 0 Å². The third kappa shape index (κ3) is 4.38. The third-order valence-electron chi connectivity index (χ3n) is 2.89. The second kappa shape index (κ2) is 5.77. The maximum atomic E-state index is 12.0. The Hall–Kier alpha value is -1.30. The number of rotatable bonds is 3. The van der Waals surface area contributed by atoms with Gasteiger partial charge in [0.1, 0.15) is 11.1 Å². The topological polar surface area (TPSA) is 84.9 Å². The average molecular weight is 273 g/mol. The van der Waals surface area contributed by atoms with Gasteiger partial charge in [0.15, 0.2) is 0 Å². The first-order valence-corrected chi connectivity index (χ1v) is 6.55. The molecule has 0 aromatic heterocycles. The van der Waals surface area contributed by atoms with E-state index in [0.29, 0.717) is 12.8 Å². The van der Waals surface area contributed by atoms with Crippen LogP contribution in [0, 0.1) is 0 Å². The van der Waals surface area contributed by atoms with Crippen molar-refractivity contribution in [1.29, 1.82) is 0 Å². The van der Waals surface area contributed by atoms with Crippen LogP contribution in [0.1, 0.15) is 47.0 Å². The molecule has 0 spiro atoms. The van der Waals surface area contributed by atoms with Crippen molar-refractivity contribution in [3.05, 3.63) is 0 Å². The Balaban J connectivity index is 2.76. The normalized spacial score (nSPS) is 26.9. The van der Waals surface area contributed by atoms with Crippen molar-refractivity contribution in [1.82, 2.24) is 5.32 Å². The van der Waals surface area contributed by atoms with Gasteiger partial charge in [0.05, 0.1) is 12.7 Å². The maximum absolute atomic E-state index is 12.0. The number of amides is 1. The summed E-state index contributed by atoms with van der Waals surface area (Å²) in [7, 11) is 0. The lowest BCUT2D eigenvalue weighted by atomic mass is 9.98. The molecule has 1 aliphatic rings. The van der Waals surface area contributed by atoms with Crippen molar-refractivity contribution in [2.24, 2.45) is 0 Å². The first-order valence-electron chi connectivity index (χ1n) is 6.55. The summed E-state index contributed by atoms with van der Waals surface area (Å²) in [6.45, 7) is 7.16. The van der Waals surface area contributed by atoms with E-state index in [0.717, 1.165) is 0 Å². The monoisotopic (exact) mass is 273 g/mol. The standard InChI is InChI=1S/C13H23NO5/c1-5-18-10(16)13(7-6-9(15)8-13)14-11(17)19-12(2,3)4/h9,15H,5-8H2,1-4H3,(H,14,17)/t9-,13-/m1/s1. The molecule has 110 valence electrons. The van der Waals surface area contributed by atoms with Crippen LogP contribution in [0.25, 0.3) is 0 Å². The van der Waals surface area contributed by atoms with E-state index in [-0.39, 0.29) is 13.0 Å². The van der Waals surface area contributed by atoms with Crippen LogP contribution in [0.15, 0.2) is 0 Å². The predicted octanol–water partition coefficient (Wildman–Crippen LogP) is 1.36. The highest BCUT2D eigenvalue weighted by atomic mass is 16.6. The zero-order valence-electron chi connectivity index (χ0n) is 12.0. The van der Waals surface area contributed by atoms with Crippen molar-refractivity contribution < 1.29 is 24.2 Å². The Labute approximate surface area is 113 Å². The van der Waals surface area contributed by atoms with E-state index < -0.39 is 29.3 Å². The average Bonchev–Trinajstić information content (AvgIpc) is 2.58. The molecular weight excluding hydrogens is 250 g/mol. The molecule has 0 radical (unpaired) electrons. The first kappa shape index (κ1) is 15.8. The Morgan fingerprint density at radius 1 is 1.42 bits per heavy atom. The summed E-state index contributed by atoms with van der Waals surface area (Å²) in [6, 6.07) is 0. The Bertz CT molecular complexity index is 349. The zero-order valence-corrected chi connectivity index (χ0v) is 12.0. The van der Waals surface area contributed by atoms with Crippen molar-refractivity contribution in [2.75, 3.05) is 6.61 Å². The van der Waals surface area contributed by atoms with Gasteiger partial charge in [-0.2, -0.15) is 0 Å². The summed E-state index contributed by atoms with van der Waals surface area (Å²) in [5.74, 6) is -0.516. The Kier molecular flexibility index (Phi) is 4.79. The quantitative estimate of drug-likeness (QED) is 0.758. The van der Waals surface area contributed by atoms with E-state index in [1.807, 2.05) is 0 Å². The van der Waals surface area contributed by atoms with Crippen molar-refractivity contribution in [2.45, 2.75) is 64.2 Å². The Morgan fingerprint density at radius 2 is 2.05 bits per heavy atom. The summed E-state index contributed by atoms with van der Waals surface area (Å²) in [5, 5.41) is 12.2. The smallest absolute Gasteiger partial charge is 0.408 e. The number of carbonyl (C=O) groups excluding carboxylic acids is 2. The highest BCUT2D eigenvalue weighted by Gasteiger charge is 2.48. The number of aliphatic hydroxyl groups is 1. The minimum Gasteiger partial charge on any atom is -0.464 e. The molecule has 6 heteroatoms. The molecule has 0 aromatic carbocycles. The molecular formula is C13H23NO5. The van der Waals surface area contributed by atoms with Crippen LogP contribution in [0.4, 0.5) is 4.79 Å². The van der Waals surface area contributed by atoms with Crippen molar-refractivity contribution >= 4 is 12.1 Å². The van der Waals surface area contributed by atoms with E-state index >= 15 is 0 Å². The second-order valence-electron chi connectivity index (χ2n) is 5.83. The van der Waals surface area contributed by atoms with Crippen molar-refractivity contribution in [3.63, 3.8) is 0 Å². The largest absolute Gasteiger partial charge is 0.464 e. The van der Waals surface area contributed by atoms with Crippen LogP contribution in [0.2, 0.25) is 0 Å². The molecule has 1 aliphatic carbocycles. The lowest BCUT2D eigenvalue weighted by Gasteiger charge is -2.29. The molecule has 1 rings (SSSR count). The van der Waals surface area contributed by atoms with Gasteiger partial charge in [0.2, 0.25) is 0 Å². The number of hydrogen-bond donors (Lipinski definition) is 2. The molecule has 0 heterocycles. The molecule has 6 nitrogen and oxygen atoms in total. The minimum absolute atomic E-state index is 0.158. The summed E-state index contributed by atoms with van der Waals surface area (Å²) < 4.78 is 10.1. The fourth-order valence-corrected chi connectivity index (χ4v) is 2.14. The van der Waals surface area contributed by atoms with Gasteiger partial charge < -0.3 is 19.9 Å². The predicted molar refractivity (Wildman–Crippen MR) is 68.6 cm³/mol. The van der Waals surface area contributed by atoms with Gasteiger partial charge in [0.25, 0.3) is 0 Å². The Morgan fingerprint density at radius 3 is 2.47 bits per heavy atom. The summed E-state index contributed by atoms with van der Waals surface area (Å²) in [5.41, 5.74) is -1.81. The number of carbonyl (C=O) groups is 2.